The Morgan fingerprint density at radius 2 is 0.591 bits per heavy atom. The molecule has 0 saturated heterocycles. The first-order valence-corrected chi connectivity index (χ1v) is 30.9. The van der Waals surface area contributed by atoms with Crippen LogP contribution in [0.15, 0.2) is 254 Å². The Hall–Kier alpha value is -12.0. The Kier molecular flexibility index (Phi) is 19.9. The van der Waals surface area contributed by atoms with Crippen molar-refractivity contribution in [2.75, 3.05) is 40.1 Å². The lowest BCUT2D eigenvalue weighted by Crippen LogP contribution is -2.33. The predicted octanol–water partition coefficient (Wildman–Crippen LogP) is 15.8. The number of azo groups is 4. The van der Waals surface area contributed by atoms with E-state index >= 15 is 0 Å². The molecule has 16 N–H and O–H groups in total. The van der Waals surface area contributed by atoms with Gasteiger partial charge in [0.15, 0.2) is 55.3 Å². The van der Waals surface area contributed by atoms with E-state index in [1.54, 1.807) is 18.2 Å². The maximum absolute atomic E-state index is 10.3. The zero-order valence-corrected chi connectivity index (χ0v) is 51.5. The van der Waals surface area contributed by atoms with Crippen molar-refractivity contribution >= 4 is 128 Å². The number of hydrogen-bond acceptors (Lipinski definition) is 17. The first-order valence-electron chi connectivity index (χ1n) is 30.9. The van der Waals surface area contributed by atoms with Gasteiger partial charge in [-0.1, -0.05) is 97.1 Å². The average molecular weight is 1240 g/mol. The second-order valence-corrected chi connectivity index (χ2v) is 22.6. The first-order chi connectivity index (χ1) is 45.3. The minimum atomic E-state index is -0.176. The lowest BCUT2D eigenvalue weighted by atomic mass is 10.0. The number of nitrogens with zero attached hydrogens (tertiary/aromatic N) is 12. The SMILES string of the molecule is Nc1c(O)cc2ccccc2c1N=Nc1cc[n+](CCCCCC[n+]2ccc(N=Nc3c(N)c(O)c(N)c4ccccc34)cc2)cc1.Nc1cc(N=Nc2cc[n+](CCCCCC[n+]3ccc(N=Nc4cc(N)c(N)c5ccccc45)cc3)cc2)c2ccccc2c1N. The molecule has 0 atom stereocenters. The van der Waals surface area contributed by atoms with Crippen LogP contribution in [-0.4, -0.2) is 10.2 Å². The first kappa shape index (κ1) is 62.6. The Morgan fingerprint density at radius 3 is 0.978 bits per heavy atom. The van der Waals surface area contributed by atoms with Gasteiger partial charge in [0.1, 0.15) is 54.7 Å². The number of anilines is 7. The molecule has 0 amide bonds. The van der Waals surface area contributed by atoms with Crippen molar-refractivity contribution in [3.8, 4) is 11.5 Å². The van der Waals surface area contributed by atoms with Crippen molar-refractivity contribution in [3.05, 3.63) is 213 Å². The van der Waals surface area contributed by atoms with Crippen molar-refractivity contribution in [3.63, 3.8) is 0 Å². The number of aromatic hydroxyl groups is 2. The number of aromatic nitrogens is 4. The number of nitrogen functional groups attached to an aromatic ring is 7. The van der Waals surface area contributed by atoms with Crippen LogP contribution < -0.4 is 58.4 Å². The molecule has 0 fully saturated rings. The number of hydrogen-bond donors (Lipinski definition) is 9. The summed E-state index contributed by atoms with van der Waals surface area (Å²) in [6, 6.07) is 51.3. The quantitative estimate of drug-likeness (QED) is 0.0102. The minimum Gasteiger partial charge on any atom is -0.506 e. The molecule has 466 valence electrons. The fraction of sp³-hybridized carbons (Fsp3) is 0.167. The van der Waals surface area contributed by atoms with E-state index in [2.05, 4.69) is 59.2 Å². The highest BCUT2D eigenvalue weighted by atomic mass is 16.3. The van der Waals surface area contributed by atoms with Crippen LogP contribution in [0.5, 0.6) is 11.5 Å². The van der Waals surface area contributed by atoms with Crippen LogP contribution in [0.1, 0.15) is 51.4 Å². The van der Waals surface area contributed by atoms with Gasteiger partial charge in [-0.3, -0.25) is 0 Å². The molecule has 0 aliphatic carbocycles. The van der Waals surface area contributed by atoms with Crippen molar-refractivity contribution in [1.29, 1.82) is 0 Å². The molecule has 21 heteroatoms. The number of aryl methyl sites for hydroxylation is 4. The van der Waals surface area contributed by atoms with Gasteiger partial charge in [-0.25, -0.2) is 18.3 Å². The Morgan fingerprint density at radius 1 is 0.280 bits per heavy atom. The van der Waals surface area contributed by atoms with Gasteiger partial charge in [0, 0.05) is 112 Å². The van der Waals surface area contributed by atoms with Crippen molar-refractivity contribution in [1.82, 2.24) is 0 Å². The number of phenolic OH excluding ortho intramolecular Hbond substituents is 2. The molecule has 4 aromatic heterocycles. The summed E-state index contributed by atoms with van der Waals surface area (Å²) in [6.07, 6.45) is 25.1. The summed E-state index contributed by atoms with van der Waals surface area (Å²) in [5, 5.41) is 62.4. The summed E-state index contributed by atoms with van der Waals surface area (Å²) < 4.78 is 8.63. The summed E-state index contributed by atoms with van der Waals surface area (Å²) in [5.74, 6) is -0.178. The Labute approximate surface area is 537 Å². The maximum Gasteiger partial charge on any atom is 0.171 e. The van der Waals surface area contributed by atoms with E-state index in [1.807, 2.05) is 195 Å². The van der Waals surface area contributed by atoms with E-state index in [0.29, 0.717) is 62.3 Å². The number of phenols is 2. The normalized spacial score (nSPS) is 11.7. The van der Waals surface area contributed by atoms with Gasteiger partial charge in [-0.05, 0) is 49.3 Å². The van der Waals surface area contributed by atoms with Crippen molar-refractivity contribution in [2.24, 2.45) is 40.9 Å². The van der Waals surface area contributed by atoms with Gasteiger partial charge in [0.25, 0.3) is 0 Å². The molecule has 8 aromatic carbocycles. The molecule has 0 unspecified atom stereocenters. The standard InChI is InChI=1S/C36H36N10.C36H35N9O2/c37-31-23-33(27-9-3-5-11-29(27)35(31)39)43-41-25-13-19-45(20-14-25)17-7-1-2-8-18-46-21-15-26(16-22-46)42-44-34-24-32(38)36(40)30-12-6-4-10-28(30)34;37-31-28-11-5-6-12-29(28)35(33(39)36(31)47)43-41-26-15-21-45(22-16-26)18-8-2-1-7-17-44-19-13-25(14-20-44)40-42-34-27-10-4-3-9-24(27)23-30(46)32(34)38/h3-6,9-16,19-24,39-40H,1-2,7-8,17-18H2,(H4,37,38,43,44);3-6,9-16,19-23H,1-2,7-8,17-18H2,(H6,37,38,39,42,43,46,47)/p+4. The van der Waals surface area contributed by atoms with E-state index in [-0.39, 0.29) is 28.6 Å². The molecular weight excluding hydrogens is 1160 g/mol. The zero-order chi connectivity index (χ0) is 64.6. The van der Waals surface area contributed by atoms with Crippen molar-refractivity contribution in [2.45, 2.75) is 77.5 Å². The molecule has 21 nitrogen and oxygen atoms in total. The fourth-order valence-electron chi connectivity index (χ4n) is 10.9. The summed E-state index contributed by atoms with van der Waals surface area (Å²) in [4.78, 5) is 0. The number of rotatable bonds is 22. The second-order valence-electron chi connectivity index (χ2n) is 22.6. The Bertz CT molecular complexity index is 4580. The van der Waals surface area contributed by atoms with Crippen LogP contribution in [-0.2, 0) is 26.2 Å². The van der Waals surface area contributed by atoms with E-state index in [0.717, 1.165) is 127 Å². The largest absolute Gasteiger partial charge is 0.506 e. The summed E-state index contributed by atoms with van der Waals surface area (Å²) in [6.45, 7) is 3.74. The molecule has 12 aromatic rings. The van der Waals surface area contributed by atoms with Crippen LogP contribution in [0, 0.1) is 0 Å². The lowest BCUT2D eigenvalue weighted by Gasteiger charge is -2.10. The van der Waals surface area contributed by atoms with Gasteiger partial charge >= 0.3 is 0 Å². The van der Waals surface area contributed by atoms with Crippen LogP contribution in [0.2, 0.25) is 0 Å². The van der Waals surface area contributed by atoms with E-state index in [1.165, 1.54) is 0 Å². The van der Waals surface area contributed by atoms with Crippen LogP contribution in [0.4, 0.5) is 85.3 Å². The fourth-order valence-corrected chi connectivity index (χ4v) is 10.9. The van der Waals surface area contributed by atoms with Gasteiger partial charge in [-0.2, -0.15) is 20.5 Å². The minimum absolute atomic E-state index is 0.00264. The molecule has 0 aliphatic rings. The number of nitrogens with two attached hydrogens (primary N) is 7. The zero-order valence-electron chi connectivity index (χ0n) is 51.5. The monoisotopic (exact) mass is 1240 g/mol. The van der Waals surface area contributed by atoms with Gasteiger partial charge in [0.05, 0.1) is 62.6 Å². The molecule has 0 spiro atoms. The number of benzene rings is 8. The average Bonchev–Trinajstić information content (AvgIpc) is 0.869. The maximum atomic E-state index is 10.3. The molecule has 0 saturated carbocycles. The number of pyridine rings is 4. The molecule has 4 heterocycles. The number of unbranched alkanes of at least 4 members (excludes halogenated alkanes) is 6. The van der Waals surface area contributed by atoms with E-state index < -0.39 is 0 Å². The topological polar surface area (TPSA) is 337 Å². The van der Waals surface area contributed by atoms with Crippen molar-refractivity contribution < 1.29 is 28.5 Å². The third kappa shape index (κ3) is 15.4. The van der Waals surface area contributed by atoms with Gasteiger partial charge in [-0.15, -0.1) is 20.5 Å². The highest BCUT2D eigenvalue weighted by molar-refractivity contribution is 6.09. The number of fused-ring (bicyclic) bond motifs is 4. The molecule has 0 radical (unpaired) electrons. The molecule has 12 rings (SSSR count). The van der Waals surface area contributed by atoms with Gasteiger partial charge in [0.2, 0.25) is 0 Å². The highest BCUT2D eigenvalue weighted by Crippen LogP contribution is 2.45. The third-order valence-electron chi connectivity index (χ3n) is 16.2. The summed E-state index contributed by atoms with van der Waals surface area (Å²) >= 11 is 0. The highest BCUT2D eigenvalue weighted by Gasteiger charge is 2.17. The summed E-state index contributed by atoms with van der Waals surface area (Å²) in [5.41, 5.74) is 50.6. The lowest BCUT2D eigenvalue weighted by molar-refractivity contribution is -0.698. The van der Waals surface area contributed by atoms with E-state index in [9.17, 15) is 10.2 Å². The molecule has 0 aliphatic heterocycles. The predicted molar refractivity (Wildman–Crippen MR) is 370 cm³/mol. The van der Waals surface area contributed by atoms with Crippen LogP contribution >= 0.6 is 0 Å². The van der Waals surface area contributed by atoms with E-state index in [4.69, 9.17) is 40.1 Å². The Balaban J connectivity index is 0.000000190. The van der Waals surface area contributed by atoms with Crippen LogP contribution in [0.25, 0.3) is 43.1 Å². The molecular formula is C72H75N19O2+4. The third-order valence-corrected chi connectivity index (χ3v) is 16.2. The van der Waals surface area contributed by atoms with Crippen LogP contribution in [0.3, 0.4) is 0 Å². The molecule has 93 heavy (non-hydrogen) atoms. The smallest absolute Gasteiger partial charge is 0.171 e. The molecule has 0 bridgehead atoms. The van der Waals surface area contributed by atoms with Gasteiger partial charge < -0.3 is 50.3 Å². The second kappa shape index (κ2) is 29.5. The summed E-state index contributed by atoms with van der Waals surface area (Å²) in [7, 11) is 0.